The molecule has 0 N–H and O–H groups in total. The van der Waals surface area contributed by atoms with Gasteiger partial charge in [0.25, 0.3) is 5.91 Å². The van der Waals surface area contributed by atoms with Gasteiger partial charge in [-0.05, 0) is 55.5 Å². The summed E-state index contributed by atoms with van der Waals surface area (Å²) in [6.07, 6.45) is 4.69. The third kappa shape index (κ3) is 4.48. The minimum atomic E-state index is 0.228. The van der Waals surface area contributed by atoms with Crippen LogP contribution in [0.25, 0.3) is 0 Å². The van der Waals surface area contributed by atoms with E-state index in [1.807, 2.05) is 29.2 Å². The molecule has 2 heterocycles. The molecular weight excluding hydrogens is 380 g/mol. The molecule has 6 heteroatoms. The number of piperazine rings is 1. The third-order valence-corrected chi connectivity index (χ3v) is 6.78. The highest BCUT2D eigenvalue weighted by Gasteiger charge is 2.26. The Kier molecular flexibility index (Phi) is 6.01. The lowest BCUT2D eigenvalue weighted by molar-refractivity contribution is 0.0619. The highest BCUT2D eigenvalue weighted by atomic mass is 35.5. The lowest BCUT2D eigenvalue weighted by Gasteiger charge is -2.34. The Morgan fingerprint density at radius 1 is 1.07 bits per heavy atom. The van der Waals surface area contributed by atoms with Crippen LogP contribution >= 0.6 is 22.9 Å². The summed E-state index contributed by atoms with van der Waals surface area (Å²) in [5.74, 6) is 1.07. The van der Waals surface area contributed by atoms with Crippen LogP contribution in [-0.2, 0) is 12.8 Å². The van der Waals surface area contributed by atoms with E-state index >= 15 is 0 Å². The molecule has 2 aliphatic rings. The van der Waals surface area contributed by atoms with Crippen LogP contribution in [0, 0.1) is 0 Å². The van der Waals surface area contributed by atoms with Crippen molar-refractivity contribution in [1.29, 1.82) is 0 Å². The molecule has 0 atom stereocenters. The molecule has 0 unspecified atom stereocenters. The quantitative estimate of drug-likeness (QED) is 0.751. The number of ether oxygens (including phenoxy) is 1. The first-order valence-electron chi connectivity index (χ1n) is 9.70. The van der Waals surface area contributed by atoms with Crippen LogP contribution in [0.1, 0.15) is 33.6 Å². The summed E-state index contributed by atoms with van der Waals surface area (Å²) < 4.78 is 5.78. The number of carbonyl (C=O) groups excluding carboxylic acids is 1. The van der Waals surface area contributed by atoms with Gasteiger partial charge < -0.3 is 9.64 Å². The number of benzene rings is 1. The molecule has 1 amide bonds. The van der Waals surface area contributed by atoms with Crippen LogP contribution < -0.4 is 4.74 Å². The van der Waals surface area contributed by atoms with Crippen molar-refractivity contribution in [3.63, 3.8) is 0 Å². The first kappa shape index (κ1) is 18.8. The van der Waals surface area contributed by atoms with E-state index in [-0.39, 0.29) is 5.91 Å². The van der Waals surface area contributed by atoms with Crippen molar-refractivity contribution in [3.8, 4) is 5.75 Å². The largest absolute Gasteiger partial charge is 0.492 e. The highest BCUT2D eigenvalue weighted by molar-refractivity contribution is 7.10. The molecule has 0 radical (unpaired) electrons. The Morgan fingerprint density at radius 2 is 1.81 bits per heavy atom. The van der Waals surface area contributed by atoms with E-state index in [0.717, 1.165) is 61.9 Å². The molecule has 1 aliphatic carbocycles. The van der Waals surface area contributed by atoms with Gasteiger partial charge in [0.15, 0.2) is 0 Å². The SMILES string of the molecule is O=C(c1csc2c1CCCC2)N1CCN(CCOc2ccc(Cl)cc2)CC1. The summed E-state index contributed by atoms with van der Waals surface area (Å²) in [6.45, 7) is 4.92. The Balaban J connectivity index is 1.24. The summed E-state index contributed by atoms with van der Waals surface area (Å²) in [4.78, 5) is 18.8. The third-order valence-electron chi connectivity index (χ3n) is 5.44. The van der Waals surface area contributed by atoms with E-state index in [4.69, 9.17) is 16.3 Å². The summed E-state index contributed by atoms with van der Waals surface area (Å²) in [7, 11) is 0. The van der Waals surface area contributed by atoms with Gasteiger partial charge in [0.1, 0.15) is 12.4 Å². The molecule has 4 nitrogen and oxygen atoms in total. The predicted molar refractivity (Wildman–Crippen MR) is 110 cm³/mol. The minimum Gasteiger partial charge on any atom is -0.492 e. The van der Waals surface area contributed by atoms with Crippen molar-refractivity contribution in [2.24, 2.45) is 0 Å². The molecule has 2 aromatic rings. The topological polar surface area (TPSA) is 32.8 Å². The second kappa shape index (κ2) is 8.63. The second-order valence-corrected chi connectivity index (χ2v) is 8.60. The number of halogens is 1. The minimum absolute atomic E-state index is 0.228. The van der Waals surface area contributed by atoms with Crippen LogP contribution in [0.2, 0.25) is 5.02 Å². The van der Waals surface area contributed by atoms with Crippen molar-refractivity contribution in [2.75, 3.05) is 39.3 Å². The maximum atomic E-state index is 12.9. The van der Waals surface area contributed by atoms with Gasteiger partial charge in [-0.2, -0.15) is 0 Å². The Bertz CT molecular complexity index is 782. The van der Waals surface area contributed by atoms with Crippen molar-refractivity contribution in [1.82, 2.24) is 9.80 Å². The average Bonchev–Trinajstić information content (AvgIpc) is 3.14. The number of thiophene rings is 1. The van der Waals surface area contributed by atoms with Crippen LogP contribution in [0.15, 0.2) is 29.6 Å². The molecule has 0 spiro atoms. The van der Waals surface area contributed by atoms with E-state index in [0.29, 0.717) is 6.61 Å². The van der Waals surface area contributed by atoms with E-state index in [1.54, 1.807) is 11.3 Å². The van der Waals surface area contributed by atoms with Crippen LogP contribution in [0.3, 0.4) is 0 Å². The molecule has 1 saturated heterocycles. The van der Waals surface area contributed by atoms with E-state index in [1.165, 1.54) is 23.3 Å². The van der Waals surface area contributed by atoms with Gasteiger partial charge in [-0.3, -0.25) is 9.69 Å². The Morgan fingerprint density at radius 3 is 2.59 bits per heavy atom. The molecule has 1 aromatic heterocycles. The smallest absolute Gasteiger partial charge is 0.255 e. The van der Waals surface area contributed by atoms with Crippen molar-refractivity contribution < 1.29 is 9.53 Å². The molecule has 0 saturated carbocycles. The van der Waals surface area contributed by atoms with E-state index in [2.05, 4.69) is 10.3 Å². The number of rotatable bonds is 5. The van der Waals surface area contributed by atoms with Crippen LogP contribution in [0.4, 0.5) is 0 Å². The number of amides is 1. The zero-order valence-electron chi connectivity index (χ0n) is 15.5. The molecule has 1 fully saturated rings. The monoisotopic (exact) mass is 404 g/mol. The van der Waals surface area contributed by atoms with Crippen molar-refractivity contribution in [2.45, 2.75) is 25.7 Å². The maximum absolute atomic E-state index is 12.9. The summed E-state index contributed by atoms with van der Waals surface area (Å²) in [5.41, 5.74) is 2.30. The number of carbonyl (C=O) groups is 1. The van der Waals surface area contributed by atoms with Gasteiger partial charge >= 0.3 is 0 Å². The zero-order valence-corrected chi connectivity index (χ0v) is 17.0. The lowest BCUT2D eigenvalue weighted by atomic mass is 9.95. The highest BCUT2D eigenvalue weighted by Crippen LogP contribution is 2.31. The molecular formula is C21H25ClN2O2S. The molecule has 27 heavy (non-hydrogen) atoms. The summed E-state index contributed by atoms with van der Waals surface area (Å²) in [6, 6.07) is 7.45. The second-order valence-electron chi connectivity index (χ2n) is 7.19. The standard InChI is InChI=1S/C21H25ClN2O2S/c22-16-5-7-17(8-6-16)26-14-13-23-9-11-24(12-10-23)21(25)19-15-27-20-4-2-1-3-18(19)20/h5-8,15H,1-4,9-14H2. The molecule has 1 aromatic carbocycles. The van der Waals surface area contributed by atoms with E-state index < -0.39 is 0 Å². The number of fused-ring (bicyclic) bond motifs is 1. The van der Waals surface area contributed by atoms with Gasteiger partial charge in [-0.15, -0.1) is 11.3 Å². The molecule has 4 rings (SSSR count). The Hall–Kier alpha value is -1.56. The predicted octanol–water partition coefficient (Wildman–Crippen LogP) is 4.12. The molecule has 0 bridgehead atoms. The van der Waals surface area contributed by atoms with Crippen molar-refractivity contribution in [3.05, 3.63) is 50.7 Å². The number of nitrogens with zero attached hydrogens (tertiary/aromatic N) is 2. The lowest BCUT2D eigenvalue weighted by Crippen LogP contribution is -2.49. The first-order valence-corrected chi connectivity index (χ1v) is 11.0. The molecule has 144 valence electrons. The van der Waals surface area contributed by atoms with Gasteiger partial charge in [0.05, 0.1) is 5.56 Å². The van der Waals surface area contributed by atoms with Gasteiger partial charge in [-0.25, -0.2) is 0 Å². The molecule has 1 aliphatic heterocycles. The fraction of sp³-hybridized carbons (Fsp3) is 0.476. The van der Waals surface area contributed by atoms with Crippen LogP contribution in [0.5, 0.6) is 5.75 Å². The number of hydrogen-bond acceptors (Lipinski definition) is 4. The van der Waals surface area contributed by atoms with Crippen LogP contribution in [-0.4, -0.2) is 55.0 Å². The number of aryl methyl sites for hydroxylation is 1. The summed E-state index contributed by atoms with van der Waals surface area (Å²) >= 11 is 7.66. The van der Waals surface area contributed by atoms with Crippen molar-refractivity contribution >= 4 is 28.8 Å². The van der Waals surface area contributed by atoms with Gasteiger partial charge in [0, 0.05) is 48.0 Å². The van der Waals surface area contributed by atoms with Gasteiger partial charge in [-0.1, -0.05) is 11.6 Å². The van der Waals surface area contributed by atoms with E-state index in [9.17, 15) is 4.79 Å². The normalized spacial score (nSPS) is 17.6. The zero-order chi connectivity index (χ0) is 18.6. The number of hydrogen-bond donors (Lipinski definition) is 0. The first-order chi connectivity index (χ1) is 13.2. The Labute approximate surface area is 169 Å². The fourth-order valence-electron chi connectivity index (χ4n) is 3.84. The van der Waals surface area contributed by atoms with Gasteiger partial charge in [0.2, 0.25) is 0 Å². The summed E-state index contributed by atoms with van der Waals surface area (Å²) in [5, 5.41) is 2.81. The average molecular weight is 405 g/mol. The fourth-order valence-corrected chi connectivity index (χ4v) is 5.09. The maximum Gasteiger partial charge on any atom is 0.255 e.